The molecule has 0 radical (unpaired) electrons. The molecule has 13 heteroatoms. The Labute approximate surface area is 258 Å². The summed E-state index contributed by atoms with van der Waals surface area (Å²) in [6.45, 7) is 1.52. The molecule has 244 valence electrons. The van der Waals surface area contributed by atoms with Gasteiger partial charge in [0.15, 0.2) is 0 Å². The van der Waals surface area contributed by atoms with E-state index in [1.807, 2.05) is 12.2 Å². The van der Waals surface area contributed by atoms with E-state index >= 15 is 0 Å². The van der Waals surface area contributed by atoms with Crippen LogP contribution in [0.2, 0.25) is 0 Å². The number of hydrogen-bond acceptors (Lipinski definition) is 8. The maximum Gasteiger partial charge on any atom is 0.322 e. The second kappa shape index (κ2) is 25.3. The highest BCUT2D eigenvalue weighted by atomic mass is 32.2. The van der Waals surface area contributed by atoms with Gasteiger partial charge < -0.3 is 36.8 Å². The van der Waals surface area contributed by atoms with Crippen molar-refractivity contribution in [2.24, 2.45) is 5.73 Å². The van der Waals surface area contributed by atoms with E-state index in [1.54, 1.807) is 18.2 Å². The largest absolute Gasteiger partial charge is 0.481 e. The van der Waals surface area contributed by atoms with Gasteiger partial charge >= 0.3 is 17.9 Å². The average Bonchev–Trinajstić information content (AvgIpc) is 2.95. The number of thioether (sulfide) groups is 1. The van der Waals surface area contributed by atoms with Crippen LogP contribution in [0.25, 0.3) is 0 Å². The highest BCUT2D eigenvalue weighted by Crippen LogP contribution is 2.22. The molecule has 4 atom stereocenters. The second-order valence-electron chi connectivity index (χ2n) is 10.1. The van der Waals surface area contributed by atoms with Gasteiger partial charge in [-0.3, -0.25) is 24.0 Å². The fourth-order valence-corrected chi connectivity index (χ4v) is 5.00. The van der Waals surface area contributed by atoms with Crippen molar-refractivity contribution < 1.29 is 44.4 Å². The van der Waals surface area contributed by atoms with Gasteiger partial charge in [-0.15, -0.1) is 11.8 Å². The van der Waals surface area contributed by atoms with E-state index < -0.39 is 59.7 Å². The van der Waals surface area contributed by atoms with E-state index in [4.69, 9.17) is 21.1 Å². The zero-order valence-electron chi connectivity index (χ0n) is 25.0. The molecule has 0 aliphatic rings. The fourth-order valence-electron chi connectivity index (χ4n) is 3.79. The molecule has 0 aromatic heterocycles. The third-order valence-corrected chi connectivity index (χ3v) is 7.67. The number of rotatable bonds is 26. The zero-order valence-corrected chi connectivity index (χ0v) is 25.8. The van der Waals surface area contributed by atoms with Crippen molar-refractivity contribution in [1.29, 1.82) is 0 Å². The van der Waals surface area contributed by atoms with Crippen LogP contribution in [0, 0.1) is 0 Å². The smallest absolute Gasteiger partial charge is 0.322 e. The third kappa shape index (κ3) is 23.0. The molecule has 8 N–H and O–H groups in total. The van der Waals surface area contributed by atoms with Crippen LogP contribution in [0.3, 0.4) is 0 Å². The molecule has 0 rings (SSSR count). The van der Waals surface area contributed by atoms with Crippen LogP contribution in [0.5, 0.6) is 0 Å². The first-order valence-electron chi connectivity index (χ1n) is 14.8. The Morgan fingerprint density at radius 2 is 1.51 bits per heavy atom. The number of aliphatic hydroxyl groups is 1. The number of carboxylic acid groups (broad SMARTS) is 3. The number of carbonyl (C=O) groups is 5. The first kappa shape index (κ1) is 39.8. The molecular weight excluding hydrogens is 578 g/mol. The van der Waals surface area contributed by atoms with Crippen LogP contribution in [-0.2, 0) is 24.0 Å². The number of hydrogen-bond donors (Lipinski definition) is 7. The molecule has 2 amide bonds. The topological polar surface area (TPSA) is 216 Å². The molecular formula is C30H49N3O9S. The van der Waals surface area contributed by atoms with Gasteiger partial charge in [0, 0.05) is 23.8 Å². The molecule has 0 aliphatic carbocycles. The lowest BCUT2D eigenvalue weighted by Crippen LogP contribution is -2.50. The lowest BCUT2D eigenvalue weighted by molar-refractivity contribution is -0.139. The van der Waals surface area contributed by atoms with Gasteiger partial charge in [-0.2, -0.15) is 0 Å². The summed E-state index contributed by atoms with van der Waals surface area (Å²) in [5.74, 6) is -4.98. The molecule has 4 unspecified atom stereocenters. The number of carbonyl (C=O) groups excluding carboxylic acids is 2. The van der Waals surface area contributed by atoms with Gasteiger partial charge in [0.25, 0.3) is 0 Å². The Bertz CT molecular complexity index is 940. The standard InChI is InChI=1S/C30H49N3O9S/c1-2-3-4-5-6-7-8-9-10-11-12-13-16-25(24(34)15-14-17-27(36)37)43-21-23(29(40)32-20-28(38)39)33-26(35)19-18-22(31)30(41)42/h9-13,16,22-25,34H,2-8,14-15,17-21,31H2,1H3,(H,32,40)(H,33,35)(H,36,37)(H,38,39)(H,41,42)/b10-9+,12-11+,16-13+. The SMILES string of the molecule is CCCCCCCC/C=C/C=C/C=C/C(SCC(NC(=O)CCC(N)C(=O)O)C(=O)NCC(=O)O)C(O)CCCC(=O)O. The van der Waals surface area contributed by atoms with E-state index in [0.29, 0.717) is 0 Å². The zero-order chi connectivity index (χ0) is 32.5. The van der Waals surface area contributed by atoms with Crippen molar-refractivity contribution in [2.75, 3.05) is 12.3 Å². The number of allylic oxidation sites excluding steroid dienone is 5. The van der Waals surface area contributed by atoms with E-state index in [9.17, 15) is 29.1 Å². The van der Waals surface area contributed by atoms with Crippen molar-refractivity contribution in [3.8, 4) is 0 Å². The van der Waals surface area contributed by atoms with Crippen LogP contribution in [0.1, 0.15) is 84.0 Å². The summed E-state index contributed by atoms with van der Waals surface area (Å²) >= 11 is 1.14. The highest BCUT2D eigenvalue weighted by Gasteiger charge is 2.25. The number of aliphatic carboxylic acids is 3. The van der Waals surface area contributed by atoms with E-state index in [0.717, 1.165) is 24.6 Å². The van der Waals surface area contributed by atoms with Crippen molar-refractivity contribution >= 4 is 41.5 Å². The van der Waals surface area contributed by atoms with Crippen LogP contribution in [0.4, 0.5) is 0 Å². The van der Waals surface area contributed by atoms with Crippen molar-refractivity contribution in [3.05, 3.63) is 36.5 Å². The summed E-state index contributed by atoms with van der Waals surface area (Å²) in [5.41, 5.74) is 5.44. The number of amides is 2. The average molecular weight is 628 g/mol. The van der Waals surface area contributed by atoms with Gasteiger partial charge in [0.2, 0.25) is 11.8 Å². The Balaban J connectivity index is 5.31. The minimum atomic E-state index is -1.28. The van der Waals surface area contributed by atoms with Crippen molar-refractivity contribution in [3.63, 3.8) is 0 Å². The highest BCUT2D eigenvalue weighted by molar-refractivity contribution is 8.00. The molecule has 12 nitrogen and oxygen atoms in total. The van der Waals surface area contributed by atoms with Gasteiger partial charge in [-0.25, -0.2) is 0 Å². The first-order valence-corrected chi connectivity index (χ1v) is 15.8. The van der Waals surface area contributed by atoms with Crippen LogP contribution in [0.15, 0.2) is 36.5 Å². The second-order valence-corrected chi connectivity index (χ2v) is 11.3. The monoisotopic (exact) mass is 627 g/mol. The Hall–Kier alpha value is -3.16. The summed E-state index contributed by atoms with van der Waals surface area (Å²) < 4.78 is 0. The Kier molecular flexibility index (Phi) is 23.5. The minimum absolute atomic E-state index is 0.0466. The van der Waals surface area contributed by atoms with E-state index in [-0.39, 0.29) is 37.9 Å². The molecule has 0 aromatic rings. The molecule has 0 spiro atoms. The lowest BCUT2D eigenvalue weighted by Gasteiger charge is -2.23. The van der Waals surface area contributed by atoms with Crippen molar-refractivity contribution in [1.82, 2.24) is 10.6 Å². The molecule has 0 aliphatic heterocycles. The summed E-state index contributed by atoms with van der Waals surface area (Å²) in [4.78, 5) is 57.8. The van der Waals surface area contributed by atoms with Crippen LogP contribution < -0.4 is 16.4 Å². The molecule has 0 bridgehead atoms. The van der Waals surface area contributed by atoms with Crippen LogP contribution >= 0.6 is 11.8 Å². The number of nitrogens with two attached hydrogens (primary N) is 1. The Morgan fingerprint density at radius 1 is 0.837 bits per heavy atom. The number of nitrogens with one attached hydrogen (secondary N) is 2. The first-order chi connectivity index (χ1) is 20.5. The fraction of sp³-hybridized carbons (Fsp3) is 0.633. The normalized spacial score (nSPS) is 14.5. The maximum atomic E-state index is 12.6. The third-order valence-electron chi connectivity index (χ3n) is 6.28. The minimum Gasteiger partial charge on any atom is -0.481 e. The van der Waals surface area contributed by atoms with E-state index in [1.165, 1.54) is 32.1 Å². The van der Waals surface area contributed by atoms with Gasteiger partial charge in [-0.1, -0.05) is 75.5 Å². The maximum absolute atomic E-state index is 12.6. The predicted octanol–water partition coefficient (Wildman–Crippen LogP) is 3.00. The van der Waals surface area contributed by atoms with E-state index in [2.05, 4.69) is 23.6 Å². The number of aliphatic hydroxyl groups excluding tert-OH is 1. The lowest BCUT2D eigenvalue weighted by atomic mass is 10.1. The molecule has 0 saturated carbocycles. The summed E-state index contributed by atoms with van der Waals surface area (Å²) in [6.07, 6.45) is 18.4. The van der Waals surface area contributed by atoms with Gasteiger partial charge in [0.05, 0.1) is 6.10 Å². The summed E-state index contributed by atoms with van der Waals surface area (Å²) in [6, 6.07) is -2.44. The molecule has 0 heterocycles. The van der Waals surface area contributed by atoms with Gasteiger partial charge in [0.1, 0.15) is 18.6 Å². The summed E-state index contributed by atoms with van der Waals surface area (Å²) in [5, 5.41) is 41.6. The molecule has 0 fully saturated rings. The van der Waals surface area contributed by atoms with Gasteiger partial charge in [-0.05, 0) is 32.1 Å². The molecule has 43 heavy (non-hydrogen) atoms. The predicted molar refractivity (Wildman–Crippen MR) is 167 cm³/mol. The molecule has 0 aromatic carbocycles. The van der Waals surface area contributed by atoms with Crippen molar-refractivity contribution in [2.45, 2.75) is 107 Å². The summed E-state index contributed by atoms with van der Waals surface area (Å²) in [7, 11) is 0. The number of unbranched alkanes of at least 4 members (excludes halogenated alkanes) is 6. The van der Waals surface area contributed by atoms with Crippen LogP contribution in [-0.4, -0.2) is 85.9 Å². The quantitative estimate of drug-likeness (QED) is 0.0546. The molecule has 0 saturated heterocycles. The Morgan fingerprint density at radius 3 is 2.16 bits per heavy atom. The number of carboxylic acids is 3.